The predicted molar refractivity (Wildman–Crippen MR) is 101 cm³/mol. The Morgan fingerprint density at radius 2 is 2.32 bits per heavy atom. The number of piperidine rings is 1. The number of aryl methyl sites for hydroxylation is 1. The molecule has 0 unspecified atom stereocenters. The Balaban J connectivity index is 1.69. The smallest absolute Gasteiger partial charge is 0.254 e. The number of hydrogen-bond donors (Lipinski definition) is 2. The molecule has 0 aromatic carbocycles. The van der Waals surface area contributed by atoms with Gasteiger partial charge in [0.2, 0.25) is 5.91 Å². The monoisotopic (exact) mass is 384 g/mol. The molecule has 0 bridgehead atoms. The highest BCUT2D eigenvalue weighted by Crippen LogP contribution is 2.33. The number of fused-ring (bicyclic) bond motifs is 1. The first-order valence-corrected chi connectivity index (χ1v) is 9.15. The van der Waals surface area contributed by atoms with Gasteiger partial charge >= 0.3 is 0 Å². The lowest BCUT2D eigenvalue weighted by Gasteiger charge is -2.33. The Kier molecular flexibility index (Phi) is 4.58. The average Bonchev–Trinajstić information content (AvgIpc) is 3.30. The fourth-order valence-electron chi connectivity index (χ4n) is 3.75. The standard InChI is InChI=1S/C19H21FN6O2/c1-3-14(27)26-6-4-5-12(10-26)23-18-16(20)13-8-21-19(28)15(13)17(24-18)11-7-22-25(2)9-11/h3,7,9,12H,1,4-6,8,10H2,2H3,(H,21,28)(H,23,24)/t12-/m1/s1. The molecular formula is C19H21FN6O2. The van der Waals surface area contributed by atoms with Crippen molar-refractivity contribution in [1.29, 1.82) is 0 Å². The van der Waals surface area contributed by atoms with E-state index in [9.17, 15) is 9.59 Å². The third-order valence-electron chi connectivity index (χ3n) is 5.11. The number of halogens is 1. The van der Waals surface area contributed by atoms with Crippen molar-refractivity contribution in [3.05, 3.63) is 42.0 Å². The number of nitrogens with one attached hydrogen (secondary N) is 2. The van der Waals surface area contributed by atoms with Crippen molar-refractivity contribution in [2.24, 2.45) is 7.05 Å². The Morgan fingerprint density at radius 3 is 3.04 bits per heavy atom. The van der Waals surface area contributed by atoms with Crippen LogP contribution in [0.3, 0.4) is 0 Å². The molecule has 0 radical (unpaired) electrons. The van der Waals surface area contributed by atoms with Crippen LogP contribution in [0.4, 0.5) is 10.2 Å². The molecular weight excluding hydrogens is 363 g/mol. The van der Waals surface area contributed by atoms with Crippen LogP contribution in [0.1, 0.15) is 28.8 Å². The lowest BCUT2D eigenvalue weighted by atomic mass is 10.0. The number of carbonyl (C=O) groups is 2. The maximum atomic E-state index is 15.1. The Bertz CT molecular complexity index is 970. The molecule has 2 aromatic heterocycles. The molecule has 1 atom stereocenters. The van der Waals surface area contributed by atoms with Crippen molar-refractivity contribution in [2.45, 2.75) is 25.4 Å². The van der Waals surface area contributed by atoms with Crippen LogP contribution < -0.4 is 10.6 Å². The second kappa shape index (κ2) is 7.06. The molecule has 4 heterocycles. The summed E-state index contributed by atoms with van der Waals surface area (Å²) in [5.41, 5.74) is 1.60. The van der Waals surface area contributed by atoms with Crippen molar-refractivity contribution in [2.75, 3.05) is 18.4 Å². The van der Waals surface area contributed by atoms with Gasteiger partial charge in [0.1, 0.15) is 0 Å². The van der Waals surface area contributed by atoms with E-state index in [2.05, 4.69) is 27.3 Å². The first kappa shape index (κ1) is 18.1. The minimum absolute atomic E-state index is 0.0898. The van der Waals surface area contributed by atoms with E-state index in [1.54, 1.807) is 29.0 Å². The van der Waals surface area contributed by atoms with Gasteiger partial charge in [-0.05, 0) is 18.9 Å². The fraction of sp³-hybridized carbons (Fsp3) is 0.368. The largest absolute Gasteiger partial charge is 0.363 e. The van der Waals surface area contributed by atoms with Gasteiger partial charge in [0.25, 0.3) is 5.91 Å². The highest BCUT2D eigenvalue weighted by atomic mass is 19.1. The van der Waals surface area contributed by atoms with Crippen LogP contribution in [0.5, 0.6) is 0 Å². The summed E-state index contributed by atoms with van der Waals surface area (Å²) >= 11 is 0. The zero-order valence-corrected chi connectivity index (χ0v) is 15.5. The first-order valence-electron chi connectivity index (χ1n) is 9.15. The van der Waals surface area contributed by atoms with Crippen LogP contribution in [0, 0.1) is 5.82 Å². The SMILES string of the molecule is C=CC(=O)N1CCC[C@@H](Nc2nc(-c3cnn(C)c3)c3c(c2F)CNC3=O)C1. The molecule has 4 rings (SSSR count). The maximum Gasteiger partial charge on any atom is 0.254 e. The van der Waals surface area contributed by atoms with Gasteiger partial charge < -0.3 is 15.5 Å². The molecule has 2 aromatic rings. The third kappa shape index (κ3) is 3.12. The summed E-state index contributed by atoms with van der Waals surface area (Å²) in [6.07, 6.45) is 6.22. The molecule has 0 spiro atoms. The van der Waals surface area contributed by atoms with Crippen LogP contribution >= 0.6 is 0 Å². The summed E-state index contributed by atoms with van der Waals surface area (Å²) in [4.78, 5) is 30.3. The molecule has 2 aliphatic heterocycles. The van der Waals surface area contributed by atoms with Crippen molar-refractivity contribution in [3.63, 3.8) is 0 Å². The zero-order chi connectivity index (χ0) is 19.8. The number of aromatic nitrogens is 3. The summed E-state index contributed by atoms with van der Waals surface area (Å²) in [5.74, 6) is -0.924. The molecule has 1 saturated heterocycles. The fourth-order valence-corrected chi connectivity index (χ4v) is 3.75. The highest BCUT2D eigenvalue weighted by Gasteiger charge is 2.32. The summed E-state index contributed by atoms with van der Waals surface area (Å²) in [7, 11) is 1.76. The molecule has 8 nitrogen and oxygen atoms in total. The van der Waals surface area contributed by atoms with Gasteiger partial charge in [-0.1, -0.05) is 6.58 Å². The van der Waals surface area contributed by atoms with Crippen molar-refractivity contribution in [1.82, 2.24) is 25.0 Å². The Hall–Kier alpha value is -3.23. The summed E-state index contributed by atoms with van der Waals surface area (Å²) in [5, 5.41) is 9.93. The first-order chi connectivity index (χ1) is 13.5. The quantitative estimate of drug-likeness (QED) is 0.779. The molecule has 2 aliphatic rings. The van der Waals surface area contributed by atoms with E-state index < -0.39 is 5.82 Å². The number of pyridine rings is 1. The lowest BCUT2D eigenvalue weighted by Crippen LogP contribution is -2.44. The molecule has 9 heteroatoms. The normalized spacial score (nSPS) is 18.6. The average molecular weight is 384 g/mol. The molecule has 1 fully saturated rings. The van der Waals surface area contributed by atoms with Gasteiger partial charge in [0.15, 0.2) is 11.6 Å². The molecule has 0 saturated carbocycles. The van der Waals surface area contributed by atoms with Crippen LogP contribution in [0.25, 0.3) is 11.3 Å². The molecule has 2 amide bonds. The molecule has 146 valence electrons. The molecule has 2 N–H and O–H groups in total. The number of likely N-dealkylation sites (tertiary alicyclic amines) is 1. The van der Waals surface area contributed by atoms with Gasteiger partial charge in [-0.15, -0.1) is 0 Å². The van der Waals surface area contributed by atoms with Gasteiger partial charge in [-0.25, -0.2) is 9.37 Å². The van der Waals surface area contributed by atoms with E-state index in [1.807, 2.05) is 0 Å². The van der Waals surface area contributed by atoms with E-state index in [-0.39, 0.29) is 35.8 Å². The number of rotatable bonds is 4. The molecule has 28 heavy (non-hydrogen) atoms. The van der Waals surface area contributed by atoms with Crippen LogP contribution in [-0.4, -0.2) is 50.6 Å². The van der Waals surface area contributed by atoms with Crippen LogP contribution in [0.2, 0.25) is 0 Å². The van der Waals surface area contributed by atoms with Gasteiger partial charge in [-0.2, -0.15) is 5.10 Å². The number of anilines is 1. The Labute approximate surface area is 161 Å². The second-order valence-corrected chi connectivity index (χ2v) is 7.03. The van der Waals surface area contributed by atoms with Crippen LogP contribution in [-0.2, 0) is 18.4 Å². The summed E-state index contributed by atoms with van der Waals surface area (Å²) in [6.45, 7) is 4.75. The van der Waals surface area contributed by atoms with Gasteiger partial charge in [0, 0.05) is 50.0 Å². The third-order valence-corrected chi connectivity index (χ3v) is 5.11. The van der Waals surface area contributed by atoms with Crippen molar-refractivity contribution in [3.8, 4) is 11.3 Å². The summed E-state index contributed by atoms with van der Waals surface area (Å²) < 4.78 is 16.7. The number of nitrogens with zero attached hydrogens (tertiary/aromatic N) is 4. The van der Waals surface area contributed by atoms with E-state index >= 15 is 4.39 Å². The predicted octanol–water partition coefficient (Wildman–Crippen LogP) is 1.45. The molecule has 0 aliphatic carbocycles. The van der Waals surface area contributed by atoms with E-state index in [1.165, 1.54) is 6.08 Å². The minimum Gasteiger partial charge on any atom is -0.363 e. The van der Waals surface area contributed by atoms with Crippen molar-refractivity contribution < 1.29 is 14.0 Å². The minimum atomic E-state index is -0.534. The lowest BCUT2D eigenvalue weighted by molar-refractivity contribution is -0.127. The number of carbonyl (C=O) groups excluding carboxylic acids is 2. The van der Waals surface area contributed by atoms with E-state index in [0.717, 1.165) is 12.8 Å². The Morgan fingerprint density at radius 1 is 1.50 bits per heavy atom. The van der Waals surface area contributed by atoms with Gasteiger partial charge in [0.05, 0.1) is 17.5 Å². The van der Waals surface area contributed by atoms with Crippen molar-refractivity contribution >= 4 is 17.6 Å². The summed E-state index contributed by atoms with van der Waals surface area (Å²) in [6, 6.07) is -0.135. The highest BCUT2D eigenvalue weighted by molar-refractivity contribution is 6.04. The van der Waals surface area contributed by atoms with E-state index in [0.29, 0.717) is 29.9 Å². The van der Waals surface area contributed by atoms with E-state index in [4.69, 9.17) is 0 Å². The number of hydrogen-bond acceptors (Lipinski definition) is 5. The van der Waals surface area contributed by atoms with Crippen LogP contribution in [0.15, 0.2) is 25.0 Å². The number of amides is 2. The topological polar surface area (TPSA) is 92.2 Å². The zero-order valence-electron chi connectivity index (χ0n) is 15.5. The van der Waals surface area contributed by atoms with Gasteiger partial charge in [-0.3, -0.25) is 14.3 Å². The second-order valence-electron chi connectivity index (χ2n) is 7.03. The maximum absolute atomic E-state index is 15.1.